The smallest absolute Gasteiger partial charge is 0.161 e. The van der Waals surface area contributed by atoms with Gasteiger partial charge in [0, 0.05) is 6.20 Å². The first kappa shape index (κ1) is 11.4. The zero-order valence-electron chi connectivity index (χ0n) is 8.99. The van der Waals surface area contributed by atoms with Crippen molar-refractivity contribution in [2.75, 3.05) is 0 Å². The number of hydrazine groups is 1. The Labute approximate surface area is 99.9 Å². The molecule has 0 atom stereocenters. The quantitative estimate of drug-likeness (QED) is 0.358. The minimum Gasteiger partial charge on any atom is -0.307 e. The van der Waals surface area contributed by atoms with Gasteiger partial charge in [-0.25, -0.2) is 5.84 Å². The van der Waals surface area contributed by atoms with Crippen molar-refractivity contribution in [3.05, 3.63) is 29.0 Å². The molecule has 0 bridgehead atoms. The van der Waals surface area contributed by atoms with E-state index in [2.05, 4.69) is 15.4 Å². The molecule has 0 radical (unpaired) electrons. The van der Waals surface area contributed by atoms with Gasteiger partial charge in [-0.3, -0.25) is 9.98 Å². The molecule has 2 rings (SSSR count). The van der Waals surface area contributed by atoms with Gasteiger partial charge in [-0.2, -0.15) is 0 Å². The Hall–Kier alpha value is -1.13. The summed E-state index contributed by atoms with van der Waals surface area (Å²) < 4.78 is 0. The van der Waals surface area contributed by atoms with Crippen molar-refractivity contribution in [3.63, 3.8) is 0 Å². The third kappa shape index (κ3) is 2.71. The van der Waals surface area contributed by atoms with E-state index < -0.39 is 0 Å². The first-order valence-electron chi connectivity index (χ1n) is 5.46. The molecule has 1 aliphatic carbocycles. The molecule has 0 aliphatic heterocycles. The van der Waals surface area contributed by atoms with Gasteiger partial charge in [-0.05, 0) is 25.0 Å². The molecule has 5 heteroatoms. The lowest BCUT2D eigenvalue weighted by Crippen LogP contribution is -2.32. The highest BCUT2D eigenvalue weighted by Crippen LogP contribution is 2.21. The summed E-state index contributed by atoms with van der Waals surface area (Å²) in [6.45, 7) is 0. The standard InChI is InChI=1S/C11H15ClN4/c12-8-5-6-10(14-7-8)11(16-13)15-9-3-1-2-4-9/h5-7,9H,1-4,13H2,(H,15,16). The summed E-state index contributed by atoms with van der Waals surface area (Å²) in [6, 6.07) is 3.98. The predicted octanol–water partition coefficient (Wildman–Crippen LogP) is 1.89. The lowest BCUT2D eigenvalue weighted by molar-refractivity contribution is 0.700. The van der Waals surface area contributed by atoms with Crippen LogP contribution in [0.5, 0.6) is 0 Å². The van der Waals surface area contributed by atoms with Crippen LogP contribution in [0, 0.1) is 0 Å². The van der Waals surface area contributed by atoms with Crippen LogP contribution >= 0.6 is 11.6 Å². The Morgan fingerprint density at radius 2 is 2.19 bits per heavy atom. The summed E-state index contributed by atoms with van der Waals surface area (Å²) in [4.78, 5) is 8.76. The average Bonchev–Trinajstić information content (AvgIpc) is 2.80. The largest absolute Gasteiger partial charge is 0.307 e. The maximum atomic E-state index is 5.78. The van der Waals surface area contributed by atoms with Crippen LogP contribution in [0.25, 0.3) is 0 Å². The molecule has 1 aromatic rings. The number of amidine groups is 1. The van der Waals surface area contributed by atoms with Crippen molar-refractivity contribution in [3.8, 4) is 0 Å². The van der Waals surface area contributed by atoms with E-state index in [-0.39, 0.29) is 0 Å². The molecule has 16 heavy (non-hydrogen) atoms. The summed E-state index contributed by atoms with van der Waals surface area (Å²) in [6.07, 6.45) is 6.37. The minimum absolute atomic E-state index is 0.378. The molecule has 0 aromatic carbocycles. The van der Waals surface area contributed by atoms with E-state index in [0.717, 1.165) is 18.5 Å². The fourth-order valence-electron chi connectivity index (χ4n) is 1.91. The highest BCUT2D eigenvalue weighted by molar-refractivity contribution is 6.30. The fourth-order valence-corrected chi connectivity index (χ4v) is 2.02. The second-order valence-electron chi connectivity index (χ2n) is 3.92. The van der Waals surface area contributed by atoms with Crippen molar-refractivity contribution in [2.24, 2.45) is 10.8 Å². The molecule has 3 N–H and O–H groups in total. The van der Waals surface area contributed by atoms with E-state index in [1.165, 1.54) is 12.8 Å². The number of aliphatic imine (C=N–C) groups is 1. The van der Waals surface area contributed by atoms with Gasteiger partial charge in [0.1, 0.15) is 5.69 Å². The number of halogens is 1. The van der Waals surface area contributed by atoms with E-state index in [1.54, 1.807) is 12.3 Å². The number of pyridine rings is 1. The molecule has 1 heterocycles. The number of rotatable bonds is 2. The van der Waals surface area contributed by atoms with E-state index in [4.69, 9.17) is 17.4 Å². The number of aromatic nitrogens is 1. The number of nitrogens with one attached hydrogen (secondary N) is 1. The van der Waals surface area contributed by atoms with Gasteiger partial charge in [0.15, 0.2) is 5.84 Å². The van der Waals surface area contributed by atoms with Crippen molar-refractivity contribution in [1.29, 1.82) is 0 Å². The van der Waals surface area contributed by atoms with Crippen LogP contribution in [0.1, 0.15) is 31.4 Å². The van der Waals surface area contributed by atoms with Gasteiger partial charge >= 0.3 is 0 Å². The SMILES string of the molecule is NNC(=NC1CCCC1)c1ccc(Cl)cn1. The van der Waals surface area contributed by atoms with Gasteiger partial charge in [-0.1, -0.05) is 24.4 Å². The Morgan fingerprint density at radius 3 is 2.75 bits per heavy atom. The number of hydrogen-bond acceptors (Lipinski definition) is 3. The molecular formula is C11H15ClN4. The van der Waals surface area contributed by atoms with E-state index in [9.17, 15) is 0 Å². The molecule has 1 aliphatic rings. The van der Waals surface area contributed by atoms with E-state index >= 15 is 0 Å². The van der Waals surface area contributed by atoms with Gasteiger partial charge in [-0.15, -0.1) is 0 Å². The maximum absolute atomic E-state index is 5.78. The molecule has 1 saturated carbocycles. The van der Waals surface area contributed by atoms with Crippen molar-refractivity contribution >= 4 is 17.4 Å². The molecule has 86 valence electrons. The van der Waals surface area contributed by atoms with Crippen LogP contribution in [-0.4, -0.2) is 16.9 Å². The van der Waals surface area contributed by atoms with Crippen LogP contribution in [0.2, 0.25) is 5.02 Å². The first-order chi connectivity index (χ1) is 7.79. The topological polar surface area (TPSA) is 63.3 Å². The Morgan fingerprint density at radius 1 is 1.44 bits per heavy atom. The molecule has 1 fully saturated rings. The number of nitrogens with zero attached hydrogens (tertiary/aromatic N) is 2. The maximum Gasteiger partial charge on any atom is 0.161 e. The zero-order chi connectivity index (χ0) is 11.4. The minimum atomic E-state index is 0.378. The number of nitrogens with two attached hydrogens (primary N) is 1. The number of hydrogen-bond donors (Lipinski definition) is 2. The van der Waals surface area contributed by atoms with Crippen LogP contribution in [-0.2, 0) is 0 Å². The normalized spacial score (nSPS) is 17.8. The van der Waals surface area contributed by atoms with Crippen LogP contribution in [0.4, 0.5) is 0 Å². The Kier molecular flexibility index (Phi) is 3.74. The predicted molar refractivity (Wildman–Crippen MR) is 65.4 cm³/mol. The van der Waals surface area contributed by atoms with E-state index in [1.807, 2.05) is 6.07 Å². The monoisotopic (exact) mass is 238 g/mol. The van der Waals surface area contributed by atoms with Crippen LogP contribution in [0.15, 0.2) is 23.3 Å². The Balaban J connectivity index is 2.17. The summed E-state index contributed by atoms with van der Waals surface area (Å²) in [5.74, 6) is 6.11. The molecule has 4 nitrogen and oxygen atoms in total. The fraction of sp³-hybridized carbons (Fsp3) is 0.455. The second kappa shape index (κ2) is 5.27. The van der Waals surface area contributed by atoms with Gasteiger partial charge in [0.2, 0.25) is 0 Å². The summed E-state index contributed by atoms with van der Waals surface area (Å²) in [7, 11) is 0. The molecular weight excluding hydrogens is 224 g/mol. The van der Waals surface area contributed by atoms with Gasteiger partial charge < -0.3 is 5.43 Å². The first-order valence-corrected chi connectivity index (χ1v) is 5.84. The third-order valence-corrected chi connectivity index (χ3v) is 2.97. The lowest BCUT2D eigenvalue weighted by Gasteiger charge is -2.08. The summed E-state index contributed by atoms with van der Waals surface area (Å²) in [5.41, 5.74) is 3.34. The summed E-state index contributed by atoms with van der Waals surface area (Å²) in [5, 5.41) is 0.612. The third-order valence-electron chi connectivity index (χ3n) is 2.74. The van der Waals surface area contributed by atoms with Gasteiger partial charge in [0.25, 0.3) is 0 Å². The molecule has 1 aromatic heterocycles. The van der Waals surface area contributed by atoms with Crippen LogP contribution < -0.4 is 11.3 Å². The zero-order valence-corrected chi connectivity index (χ0v) is 9.74. The molecule has 0 saturated heterocycles. The molecule has 0 spiro atoms. The summed E-state index contributed by atoms with van der Waals surface area (Å²) >= 11 is 5.78. The van der Waals surface area contributed by atoms with Crippen LogP contribution in [0.3, 0.4) is 0 Å². The van der Waals surface area contributed by atoms with E-state index in [0.29, 0.717) is 16.9 Å². The van der Waals surface area contributed by atoms with Crippen molar-refractivity contribution in [1.82, 2.24) is 10.4 Å². The van der Waals surface area contributed by atoms with Gasteiger partial charge in [0.05, 0.1) is 11.1 Å². The molecule has 0 unspecified atom stereocenters. The van der Waals surface area contributed by atoms with Crippen molar-refractivity contribution in [2.45, 2.75) is 31.7 Å². The molecule has 0 amide bonds. The highest BCUT2D eigenvalue weighted by Gasteiger charge is 2.15. The Bertz CT molecular complexity index is 368. The lowest BCUT2D eigenvalue weighted by atomic mass is 10.2. The second-order valence-corrected chi connectivity index (χ2v) is 4.36. The highest BCUT2D eigenvalue weighted by atomic mass is 35.5. The average molecular weight is 239 g/mol. The van der Waals surface area contributed by atoms with Crippen molar-refractivity contribution < 1.29 is 0 Å².